The molecule has 0 atom stereocenters. The number of nitrogens with zero attached hydrogens (tertiary/aromatic N) is 2. The molecule has 0 heterocycles. The van der Waals surface area contributed by atoms with Gasteiger partial charge in [0, 0.05) is 17.5 Å². The highest BCUT2D eigenvalue weighted by Crippen LogP contribution is 2.29. The van der Waals surface area contributed by atoms with Crippen LogP contribution >= 0.6 is 0 Å². The summed E-state index contributed by atoms with van der Waals surface area (Å²) in [6.07, 6.45) is 1.44. The Morgan fingerprint density at radius 3 is 2.00 bits per heavy atom. The number of Topliss-reactive ketones (excluding diaryl/α,β-unsaturated/α-hetero) is 1. The van der Waals surface area contributed by atoms with E-state index in [-0.39, 0.29) is 5.78 Å². The Morgan fingerprint density at radius 2 is 1.44 bits per heavy atom. The van der Waals surface area contributed by atoms with Crippen molar-refractivity contribution in [2.24, 2.45) is 0 Å². The molecule has 0 amide bonds. The summed E-state index contributed by atoms with van der Waals surface area (Å²) in [6.45, 7) is 14.3. The minimum Gasteiger partial charge on any atom is -0.294 e. The Hall–Kier alpha value is -3.13. The van der Waals surface area contributed by atoms with Crippen LogP contribution in [0.4, 0.5) is 0 Å². The van der Waals surface area contributed by atoms with E-state index < -0.39 is 18.9 Å². The Bertz CT molecular complexity index is 1160. The van der Waals surface area contributed by atoms with Crippen molar-refractivity contribution in [3.05, 3.63) is 70.3 Å². The first kappa shape index (κ1) is 25.1. The van der Waals surface area contributed by atoms with Crippen molar-refractivity contribution in [1.82, 2.24) is 0 Å². The second-order valence-electron chi connectivity index (χ2n) is 10.3. The molecule has 0 saturated carbocycles. The van der Waals surface area contributed by atoms with Crippen molar-refractivity contribution < 1.29 is 4.79 Å². The quantitative estimate of drug-likeness (QED) is 0.405. The molecule has 3 rings (SSSR count). The summed E-state index contributed by atoms with van der Waals surface area (Å²) in [4.78, 5) is 11.4. The van der Waals surface area contributed by atoms with Gasteiger partial charge in [0.05, 0.1) is 23.0 Å². The summed E-state index contributed by atoms with van der Waals surface area (Å²) in [6, 6.07) is 18.3. The monoisotopic (exact) mass is 440 g/mol. The van der Waals surface area contributed by atoms with Gasteiger partial charge in [-0.15, -0.1) is 5.54 Å². The summed E-state index contributed by atoms with van der Waals surface area (Å²) in [5.41, 5.74) is 7.40. The molecule has 32 heavy (non-hydrogen) atoms. The summed E-state index contributed by atoms with van der Waals surface area (Å²) in [7, 11) is -1.34. The number of hydrogen-bond acceptors (Lipinski definition) is 3. The van der Waals surface area contributed by atoms with Gasteiger partial charge in [0.15, 0.2) is 5.78 Å². The molecule has 2 aromatic rings. The predicted molar refractivity (Wildman–Crippen MR) is 133 cm³/mol. The molecule has 0 aliphatic heterocycles. The molecule has 164 valence electrons. The Kier molecular flexibility index (Phi) is 7.51. The van der Waals surface area contributed by atoms with E-state index in [1.165, 1.54) is 0 Å². The highest BCUT2D eigenvalue weighted by molar-refractivity contribution is 6.83. The van der Waals surface area contributed by atoms with Crippen LogP contribution in [0.1, 0.15) is 66.7 Å². The van der Waals surface area contributed by atoms with Crippen LogP contribution in [0.2, 0.25) is 19.6 Å². The molecular formula is C28H32N2OSi. The minimum absolute atomic E-state index is 0.228. The number of fused-ring (bicyclic) bond motifs is 1. The van der Waals surface area contributed by atoms with Crippen LogP contribution in [0.15, 0.2) is 42.5 Å². The third-order valence-corrected chi connectivity index (χ3v) is 6.35. The molecule has 0 bridgehead atoms. The van der Waals surface area contributed by atoms with Gasteiger partial charge in [0.25, 0.3) is 0 Å². The lowest BCUT2D eigenvalue weighted by Crippen LogP contribution is -2.16. The van der Waals surface area contributed by atoms with Gasteiger partial charge in [-0.1, -0.05) is 55.9 Å². The first-order valence-electron chi connectivity index (χ1n) is 10.9. The number of rotatable bonds is 2. The zero-order chi connectivity index (χ0) is 24.2. The van der Waals surface area contributed by atoms with Crippen LogP contribution < -0.4 is 0 Å². The molecule has 2 aromatic carbocycles. The van der Waals surface area contributed by atoms with Gasteiger partial charge in [-0.2, -0.15) is 10.5 Å². The molecular weight excluding hydrogens is 408 g/mol. The first-order chi connectivity index (χ1) is 14.8. The smallest absolute Gasteiger partial charge is 0.163 e. The largest absolute Gasteiger partial charge is 0.294 e. The Balaban J connectivity index is 0.000000228. The van der Waals surface area contributed by atoms with Crippen LogP contribution in [0.25, 0.3) is 0 Å². The van der Waals surface area contributed by atoms with Crippen LogP contribution in [0, 0.1) is 34.1 Å². The van der Waals surface area contributed by atoms with E-state index in [0.29, 0.717) is 6.42 Å². The zero-order valence-electron chi connectivity index (χ0n) is 20.3. The second kappa shape index (κ2) is 9.56. The molecule has 0 N–H and O–H groups in total. The SMILES string of the molecule is CC(C)(C#N)c1ccc2c(c1)CCC2=O.CC(C)(C#N)c1cccc(C#C[Si](C)(C)C)c1. The van der Waals surface area contributed by atoms with E-state index in [9.17, 15) is 4.79 Å². The molecule has 0 aromatic heterocycles. The maximum atomic E-state index is 11.4. The Morgan fingerprint density at radius 1 is 0.844 bits per heavy atom. The molecule has 4 heteroatoms. The van der Waals surface area contributed by atoms with Crippen molar-refractivity contribution in [3.8, 4) is 23.6 Å². The van der Waals surface area contributed by atoms with E-state index >= 15 is 0 Å². The molecule has 0 radical (unpaired) electrons. The molecule has 3 nitrogen and oxygen atoms in total. The maximum Gasteiger partial charge on any atom is 0.163 e. The van der Waals surface area contributed by atoms with Crippen LogP contribution in [-0.4, -0.2) is 13.9 Å². The van der Waals surface area contributed by atoms with E-state index in [0.717, 1.165) is 34.2 Å². The molecule has 0 saturated heterocycles. The molecule has 0 spiro atoms. The number of ketones is 1. The number of hydrogen-bond donors (Lipinski definition) is 0. The number of nitriles is 2. The normalized spacial score (nSPS) is 13.0. The summed E-state index contributed by atoms with van der Waals surface area (Å²) < 4.78 is 0. The molecule has 1 aliphatic rings. The first-order valence-corrected chi connectivity index (χ1v) is 14.4. The average Bonchev–Trinajstić information content (AvgIpc) is 3.12. The standard InChI is InChI=1S/C15H19NSi.C13H13NO/c1-15(2,12-16)14-8-6-7-13(11-14)9-10-17(3,4)5;1-13(2,8-14)10-4-5-11-9(7-10)3-6-12(11)15/h6-8,11H,1-5H3;4-5,7H,3,6H2,1-2H3. The van der Waals surface area contributed by atoms with Gasteiger partial charge in [-0.05, 0) is 62.9 Å². The lowest BCUT2D eigenvalue weighted by molar-refractivity contribution is 0.0994. The van der Waals surface area contributed by atoms with Crippen LogP contribution in [-0.2, 0) is 17.3 Å². The van der Waals surface area contributed by atoms with Gasteiger partial charge in [0.2, 0.25) is 0 Å². The van der Waals surface area contributed by atoms with Gasteiger partial charge in [-0.3, -0.25) is 4.79 Å². The predicted octanol–water partition coefficient (Wildman–Crippen LogP) is 6.33. The highest BCUT2D eigenvalue weighted by Gasteiger charge is 2.24. The fraction of sp³-hybridized carbons (Fsp3) is 0.393. The third-order valence-electron chi connectivity index (χ3n) is 5.47. The Labute approximate surface area is 194 Å². The summed E-state index contributed by atoms with van der Waals surface area (Å²) >= 11 is 0. The fourth-order valence-corrected chi connectivity index (χ4v) is 3.74. The van der Waals surface area contributed by atoms with E-state index in [2.05, 4.69) is 43.2 Å². The summed E-state index contributed by atoms with van der Waals surface area (Å²) in [5.74, 6) is 3.45. The van der Waals surface area contributed by atoms with Gasteiger partial charge in [0.1, 0.15) is 8.07 Å². The minimum atomic E-state index is -1.34. The highest BCUT2D eigenvalue weighted by atomic mass is 28.3. The van der Waals surface area contributed by atoms with E-state index in [1.54, 1.807) is 0 Å². The molecule has 0 fully saturated rings. The van der Waals surface area contributed by atoms with Crippen molar-refractivity contribution in [2.45, 2.75) is 71.0 Å². The third kappa shape index (κ3) is 6.43. The van der Waals surface area contributed by atoms with Crippen molar-refractivity contribution in [2.75, 3.05) is 0 Å². The maximum absolute atomic E-state index is 11.4. The van der Waals surface area contributed by atoms with Gasteiger partial charge >= 0.3 is 0 Å². The topological polar surface area (TPSA) is 64.7 Å². The summed E-state index contributed by atoms with van der Waals surface area (Å²) in [5, 5.41) is 18.1. The van der Waals surface area contributed by atoms with E-state index in [1.807, 2.05) is 70.2 Å². The number of aryl methyl sites for hydroxylation is 1. The van der Waals surface area contributed by atoms with Crippen molar-refractivity contribution >= 4 is 13.9 Å². The van der Waals surface area contributed by atoms with Crippen molar-refractivity contribution in [3.63, 3.8) is 0 Å². The van der Waals surface area contributed by atoms with Crippen molar-refractivity contribution in [1.29, 1.82) is 10.5 Å². The zero-order valence-corrected chi connectivity index (χ0v) is 21.3. The second-order valence-corrected chi connectivity index (χ2v) is 15.1. The van der Waals surface area contributed by atoms with E-state index in [4.69, 9.17) is 10.5 Å². The van der Waals surface area contributed by atoms with Gasteiger partial charge < -0.3 is 0 Å². The fourth-order valence-electron chi connectivity index (χ4n) is 3.22. The van der Waals surface area contributed by atoms with Gasteiger partial charge in [-0.25, -0.2) is 0 Å². The molecule has 0 unspecified atom stereocenters. The lowest BCUT2D eigenvalue weighted by atomic mass is 9.85. The molecule has 1 aliphatic carbocycles. The van der Waals surface area contributed by atoms with Crippen LogP contribution in [0.5, 0.6) is 0 Å². The van der Waals surface area contributed by atoms with Crippen LogP contribution in [0.3, 0.4) is 0 Å². The number of carbonyl (C=O) groups is 1. The lowest BCUT2D eigenvalue weighted by Gasteiger charge is -2.16. The number of carbonyl (C=O) groups excluding carboxylic acids is 1. The average molecular weight is 441 g/mol. The number of benzene rings is 2.